The third-order valence-corrected chi connectivity index (χ3v) is 4.77. The van der Waals surface area contributed by atoms with Gasteiger partial charge in [0.25, 0.3) is 0 Å². The lowest BCUT2D eigenvalue weighted by atomic mass is 10.2. The Kier molecular flexibility index (Phi) is 3.07. The second kappa shape index (κ2) is 5.10. The number of hydrogen-bond acceptors (Lipinski definition) is 5. The van der Waals surface area contributed by atoms with Crippen molar-refractivity contribution in [3.63, 3.8) is 0 Å². The first-order valence-electron chi connectivity index (χ1n) is 7.13. The van der Waals surface area contributed by atoms with Gasteiger partial charge in [0, 0.05) is 19.8 Å². The maximum absolute atomic E-state index is 12.5. The van der Waals surface area contributed by atoms with Gasteiger partial charge in [-0.05, 0) is 18.6 Å². The van der Waals surface area contributed by atoms with Gasteiger partial charge in [-0.1, -0.05) is 23.5 Å². The Labute approximate surface area is 131 Å². The molecule has 1 aromatic carbocycles. The minimum absolute atomic E-state index is 0.0762. The van der Waals surface area contributed by atoms with E-state index in [1.165, 1.54) is 0 Å². The molecule has 0 spiro atoms. The Morgan fingerprint density at radius 1 is 1.36 bits per heavy atom. The molecule has 0 aliphatic carbocycles. The van der Waals surface area contributed by atoms with Crippen LogP contribution in [-0.2, 0) is 11.8 Å². The number of aryl methyl sites for hydroxylation is 1. The molecule has 1 saturated heterocycles. The Hall–Kier alpha value is -2.41. The highest BCUT2D eigenvalue weighted by molar-refractivity contribution is 7.22. The van der Waals surface area contributed by atoms with Crippen LogP contribution in [0.3, 0.4) is 0 Å². The van der Waals surface area contributed by atoms with Crippen LogP contribution < -0.4 is 10.2 Å². The molecule has 1 unspecified atom stereocenters. The molecule has 1 aliphatic rings. The van der Waals surface area contributed by atoms with Crippen LogP contribution in [0.4, 0.5) is 10.8 Å². The fourth-order valence-corrected chi connectivity index (χ4v) is 3.62. The second-order valence-corrected chi connectivity index (χ2v) is 6.37. The number of rotatable bonds is 3. The average molecular weight is 313 g/mol. The summed E-state index contributed by atoms with van der Waals surface area (Å²) in [5.41, 5.74) is 1.81. The summed E-state index contributed by atoms with van der Waals surface area (Å²) in [6, 6.07) is 7.76. The van der Waals surface area contributed by atoms with Crippen LogP contribution in [0.15, 0.2) is 36.7 Å². The molecular formula is C15H15N5OS. The first-order chi connectivity index (χ1) is 10.7. The van der Waals surface area contributed by atoms with Crippen molar-refractivity contribution in [3.05, 3.63) is 36.7 Å². The number of para-hydroxylation sites is 1. The molecule has 1 amide bonds. The minimum atomic E-state index is -0.222. The standard InChI is InChI=1S/C15H15N5OS/c1-19-9-10(8-16-19)20-7-6-12(14(20)21)18-15-17-11-4-2-3-5-13(11)22-15/h2-5,8-9,12H,6-7H2,1H3,(H,17,18). The predicted octanol–water partition coefficient (Wildman–Crippen LogP) is 2.25. The molecule has 6 nitrogen and oxygen atoms in total. The van der Waals surface area contributed by atoms with E-state index in [0.29, 0.717) is 6.54 Å². The number of carbonyl (C=O) groups excluding carboxylic acids is 1. The quantitative estimate of drug-likeness (QED) is 0.805. The summed E-state index contributed by atoms with van der Waals surface area (Å²) in [5, 5.41) is 8.20. The predicted molar refractivity (Wildman–Crippen MR) is 87.2 cm³/mol. The fraction of sp³-hybridized carbons (Fsp3) is 0.267. The molecule has 1 N–H and O–H groups in total. The molecule has 1 aliphatic heterocycles. The van der Waals surface area contributed by atoms with E-state index in [-0.39, 0.29) is 11.9 Å². The van der Waals surface area contributed by atoms with Gasteiger partial charge in [0.2, 0.25) is 5.91 Å². The summed E-state index contributed by atoms with van der Waals surface area (Å²) in [7, 11) is 1.85. The summed E-state index contributed by atoms with van der Waals surface area (Å²) in [4.78, 5) is 18.8. The van der Waals surface area contributed by atoms with E-state index >= 15 is 0 Å². The van der Waals surface area contributed by atoms with Gasteiger partial charge < -0.3 is 10.2 Å². The molecule has 1 fully saturated rings. The van der Waals surface area contributed by atoms with Crippen LogP contribution in [0.1, 0.15) is 6.42 Å². The van der Waals surface area contributed by atoms with Crippen LogP contribution in [0, 0.1) is 0 Å². The zero-order valence-corrected chi connectivity index (χ0v) is 12.9. The van der Waals surface area contributed by atoms with E-state index in [1.807, 2.05) is 37.5 Å². The second-order valence-electron chi connectivity index (χ2n) is 5.33. The Balaban J connectivity index is 1.53. The smallest absolute Gasteiger partial charge is 0.249 e. The van der Waals surface area contributed by atoms with E-state index in [1.54, 1.807) is 27.1 Å². The fourth-order valence-electron chi connectivity index (χ4n) is 2.70. The average Bonchev–Trinajstić information content (AvgIpc) is 3.19. The van der Waals surface area contributed by atoms with E-state index < -0.39 is 0 Å². The van der Waals surface area contributed by atoms with Crippen molar-refractivity contribution in [2.45, 2.75) is 12.5 Å². The summed E-state index contributed by atoms with van der Waals surface area (Å²) in [6.07, 6.45) is 4.35. The third-order valence-electron chi connectivity index (χ3n) is 3.80. The molecular weight excluding hydrogens is 298 g/mol. The number of hydrogen-bond donors (Lipinski definition) is 1. The van der Waals surface area contributed by atoms with Gasteiger partial charge in [-0.15, -0.1) is 0 Å². The highest BCUT2D eigenvalue weighted by Crippen LogP contribution is 2.28. The number of anilines is 2. The maximum atomic E-state index is 12.5. The zero-order valence-electron chi connectivity index (χ0n) is 12.1. The van der Waals surface area contributed by atoms with Crippen molar-refractivity contribution in [2.24, 2.45) is 7.05 Å². The van der Waals surface area contributed by atoms with Gasteiger partial charge in [-0.25, -0.2) is 4.98 Å². The number of nitrogens with zero attached hydrogens (tertiary/aromatic N) is 4. The minimum Gasteiger partial charge on any atom is -0.350 e. The monoisotopic (exact) mass is 313 g/mol. The van der Waals surface area contributed by atoms with Crippen LogP contribution in [-0.4, -0.2) is 33.3 Å². The third kappa shape index (κ3) is 2.23. The SMILES string of the molecule is Cn1cc(N2CCC(Nc3nc4ccccc4s3)C2=O)cn1. The van der Waals surface area contributed by atoms with Gasteiger partial charge in [0.05, 0.1) is 22.1 Å². The van der Waals surface area contributed by atoms with Gasteiger partial charge in [0.1, 0.15) is 6.04 Å². The summed E-state index contributed by atoms with van der Waals surface area (Å²) in [6.45, 7) is 0.701. The van der Waals surface area contributed by atoms with E-state index in [4.69, 9.17) is 0 Å². The lowest BCUT2D eigenvalue weighted by molar-refractivity contribution is -0.117. The van der Waals surface area contributed by atoms with Crippen LogP contribution in [0.2, 0.25) is 0 Å². The van der Waals surface area contributed by atoms with Crippen molar-refractivity contribution >= 4 is 38.3 Å². The van der Waals surface area contributed by atoms with Gasteiger partial charge in [-0.2, -0.15) is 5.10 Å². The van der Waals surface area contributed by atoms with Crippen LogP contribution in [0.5, 0.6) is 0 Å². The van der Waals surface area contributed by atoms with Gasteiger partial charge in [-0.3, -0.25) is 9.48 Å². The molecule has 0 radical (unpaired) electrons. The molecule has 22 heavy (non-hydrogen) atoms. The molecule has 2 aromatic heterocycles. The highest BCUT2D eigenvalue weighted by Gasteiger charge is 2.33. The number of amides is 1. The number of thiazole rings is 1. The lowest BCUT2D eigenvalue weighted by Crippen LogP contribution is -2.33. The first-order valence-corrected chi connectivity index (χ1v) is 7.94. The summed E-state index contributed by atoms with van der Waals surface area (Å²) in [5.74, 6) is 0.0762. The molecule has 112 valence electrons. The summed E-state index contributed by atoms with van der Waals surface area (Å²) >= 11 is 1.58. The molecule has 7 heteroatoms. The Morgan fingerprint density at radius 2 is 2.23 bits per heavy atom. The summed E-state index contributed by atoms with van der Waals surface area (Å²) < 4.78 is 2.83. The number of benzene rings is 1. The van der Waals surface area contributed by atoms with Gasteiger partial charge >= 0.3 is 0 Å². The molecule has 0 saturated carbocycles. The largest absolute Gasteiger partial charge is 0.350 e. The maximum Gasteiger partial charge on any atom is 0.249 e. The van der Waals surface area contributed by atoms with Crippen molar-refractivity contribution in [2.75, 3.05) is 16.8 Å². The highest BCUT2D eigenvalue weighted by atomic mass is 32.1. The van der Waals surface area contributed by atoms with Crippen molar-refractivity contribution in [1.82, 2.24) is 14.8 Å². The van der Waals surface area contributed by atoms with Crippen LogP contribution in [0.25, 0.3) is 10.2 Å². The Bertz CT molecular complexity index is 806. The molecule has 3 aromatic rings. The molecule has 0 bridgehead atoms. The first kappa shape index (κ1) is 13.3. The van der Waals surface area contributed by atoms with Crippen LogP contribution >= 0.6 is 11.3 Å². The van der Waals surface area contributed by atoms with Crippen molar-refractivity contribution in [1.29, 1.82) is 0 Å². The number of fused-ring (bicyclic) bond motifs is 1. The Morgan fingerprint density at radius 3 is 3.00 bits per heavy atom. The zero-order chi connectivity index (χ0) is 15.1. The van der Waals surface area contributed by atoms with E-state index in [0.717, 1.165) is 27.5 Å². The molecule has 4 rings (SSSR count). The molecule has 1 atom stereocenters. The van der Waals surface area contributed by atoms with Crippen molar-refractivity contribution < 1.29 is 4.79 Å². The number of carbonyl (C=O) groups is 1. The van der Waals surface area contributed by atoms with Crippen molar-refractivity contribution in [3.8, 4) is 0 Å². The number of nitrogens with one attached hydrogen (secondary N) is 1. The normalized spacial score (nSPS) is 18.3. The van der Waals surface area contributed by atoms with E-state index in [9.17, 15) is 4.79 Å². The molecule has 3 heterocycles. The topological polar surface area (TPSA) is 63.1 Å². The lowest BCUT2D eigenvalue weighted by Gasteiger charge is -2.14. The van der Waals surface area contributed by atoms with E-state index in [2.05, 4.69) is 15.4 Å². The van der Waals surface area contributed by atoms with Gasteiger partial charge in [0.15, 0.2) is 5.13 Å². The number of aromatic nitrogens is 3.